The molecule has 6 heteroatoms. The lowest BCUT2D eigenvalue weighted by Crippen LogP contribution is -2.31. The first-order chi connectivity index (χ1) is 13.5. The SMILES string of the molecule is CCCCCCC.CCOC(=O)C1CCC(OC(=O)C2CCC(C)CC2)CC1.O.O. The quantitative estimate of drug-likeness (QED) is 0.404. The number of hydrogen-bond donors (Lipinski definition) is 0. The monoisotopic (exact) mass is 432 g/mol. The Hall–Kier alpha value is -1.14. The van der Waals surface area contributed by atoms with E-state index in [1.807, 2.05) is 6.92 Å². The molecule has 2 fully saturated rings. The average Bonchev–Trinajstić information content (AvgIpc) is 2.70. The molecule has 0 aromatic rings. The van der Waals surface area contributed by atoms with E-state index < -0.39 is 0 Å². The molecule has 0 spiro atoms. The minimum absolute atomic E-state index is 0. The van der Waals surface area contributed by atoms with Gasteiger partial charge in [-0.25, -0.2) is 0 Å². The van der Waals surface area contributed by atoms with Gasteiger partial charge in [-0.2, -0.15) is 0 Å². The number of ether oxygens (including phenoxy) is 2. The van der Waals surface area contributed by atoms with Gasteiger partial charge in [-0.1, -0.05) is 52.9 Å². The van der Waals surface area contributed by atoms with Crippen LogP contribution in [-0.2, 0) is 19.1 Å². The van der Waals surface area contributed by atoms with E-state index in [9.17, 15) is 9.59 Å². The molecule has 0 aromatic heterocycles. The Balaban J connectivity index is 0. The lowest BCUT2D eigenvalue weighted by molar-refractivity contribution is -0.159. The van der Waals surface area contributed by atoms with E-state index in [4.69, 9.17) is 9.47 Å². The first kappa shape index (κ1) is 31.0. The Labute approximate surface area is 184 Å². The van der Waals surface area contributed by atoms with Crippen molar-refractivity contribution in [3.63, 3.8) is 0 Å². The molecule has 0 bridgehead atoms. The second-order valence-corrected chi connectivity index (χ2v) is 8.68. The summed E-state index contributed by atoms with van der Waals surface area (Å²) in [6, 6.07) is 0. The summed E-state index contributed by atoms with van der Waals surface area (Å²) in [5, 5.41) is 0. The third-order valence-corrected chi connectivity index (χ3v) is 6.13. The van der Waals surface area contributed by atoms with Crippen molar-refractivity contribution in [1.29, 1.82) is 0 Å². The van der Waals surface area contributed by atoms with Gasteiger partial charge in [-0.05, 0) is 64.2 Å². The van der Waals surface area contributed by atoms with Crippen LogP contribution in [0, 0.1) is 17.8 Å². The number of carbonyl (C=O) groups excluding carboxylic acids is 2. The van der Waals surface area contributed by atoms with Crippen LogP contribution in [0.3, 0.4) is 0 Å². The molecule has 0 atom stereocenters. The maximum absolute atomic E-state index is 12.2. The van der Waals surface area contributed by atoms with Crippen LogP contribution in [0.5, 0.6) is 0 Å². The van der Waals surface area contributed by atoms with Crippen LogP contribution in [0.1, 0.15) is 111 Å². The number of esters is 2. The molecule has 4 N–H and O–H groups in total. The smallest absolute Gasteiger partial charge is 0.309 e. The van der Waals surface area contributed by atoms with Gasteiger partial charge >= 0.3 is 11.9 Å². The van der Waals surface area contributed by atoms with Gasteiger partial charge in [0.15, 0.2) is 0 Å². The molecule has 30 heavy (non-hydrogen) atoms. The van der Waals surface area contributed by atoms with Crippen molar-refractivity contribution in [2.75, 3.05) is 6.61 Å². The van der Waals surface area contributed by atoms with Crippen molar-refractivity contribution in [3.8, 4) is 0 Å². The fourth-order valence-electron chi connectivity index (χ4n) is 4.11. The van der Waals surface area contributed by atoms with Crippen molar-refractivity contribution in [2.45, 2.75) is 117 Å². The van der Waals surface area contributed by atoms with Gasteiger partial charge in [-0.3, -0.25) is 9.59 Å². The highest BCUT2D eigenvalue weighted by Crippen LogP contribution is 2.32. The van der Waals surface area contributed by atoms with Crippen LogP contribution in [0.15, 0.2) is 0 Å². The normalized spacial score (nSPS) is 25.5. The maximum atomic E-state index is 12.2. The summed E-state index contributed by atoms with van der Waals surface area (Å²) in [5.74, 6) is 0.735. The fourth-order valence-corrected chi connectivity index (χ4v) is 4.11. The zero-order valence-electron chi connectivity index (χ0n) is 19.8. The van der Waals surface area contributed by atoms with E-state index in [1.54, 1.807) is 0 Å². The molecular weight excluding hydrogens is 384 g/mol. The highest BCUT2D eigenvalue weighted by Gasteiger charge is 2.31. The summed E-state index contributed by atoms with van der Waals surface area (Å²) >= 11 is 0. The molecule has 180 valence electrons. The first-order valence-electron chi connectivity index (χ1n) is 11.9. The standard InChI is InChI=1S/C17H28O4.C7H16.2H2O/c1-3-20-16(18)13-8-10-15(11-9-13)21-17(19)14-6-4-12(2)5-7-14;1-3-5-7-6-4-2;;/h12-15H,3-11H2,1-2H3;3-7H2,1-2H3;2*1H2. The van der Waals surface area contributed by atoms with Crippen LogP contribution in [-0.4, -0.2) is 35.6 Å². The Morgan fingerprint density at radius 2 is 1.17 bits per heavy atom. The van der Waals surface area contributed by atoms with Gasteiger partial charge in [0.2, 0.25) is 0 Å². The number of rotatable bonds is 8. The topological polar surface area (TPSA) is 116 Å². The minimum atomic E-state index is -0.0939. The highest BCUT2D eigenvalue weighted by molar-refractivity contribution is 5.73. The summed E-state index contributed by atoms with van der Waals surface area (Å²) < 4.78 is 10.7. The molecule has 0 heterocycles. The minimum Gasteiger partial charge on any atom is -0.466 e. The summed E-state index contributed by atoms with van der Waals surface area (Å²) in [5.41, 5.74) is 0. The van der Waals surface area contributed by atoms with Crippen molar-refractivity contribution in [1.82, 2.24) is 0 Å². The Morgan fingerprint density at radius 3 is 1.63 bits per heavy atom. The van der Waals surface area contributed by atoms with Crippen molar-refractivity contribution in [2.24, 2.45) is 17.8 Å². The lowest BCUT2D eigenvalue weighted by Gasteiger charge is -2.30. The van der Waals surface area contributed by atoms with E-state index in [0.717, 1.165) is 57.3 Å². The van der Waals surface area contributed by atoms with Gasteiger partial charge in [0, 0.05) is 0 Å². The molecule has 0 radical (unpaired) electrons. The molecule has 0 aromatic carbocycles. The molecule has 0 amide bonds. The molecule has 0 saturated heterocycles. The Bertz CT molecular complexity index is 419. The maximum Gasteiger partial charge on any atom is 0.309 e. The lowest BCUT2D eigenvalue weighted by atomic mass is 9.83. The van der Waals surface area contributed by atoms with Crippen molar-refractivity contribution >= 4 is 11.9 Å². The summed E-state index contributed by atoms with van der Waals surface area (Å²) in [6.07, 6.45) is 14.4. The van der Waals surface area contributed by atoms with Gasteiger partial charge in [0.05, 0.1) is 18.4 Å². The third-order valence-electron chi connectivity index (χ3n) is 6.13. The zero-order valence-corrected chi connectivity index (χ0v) is 19.8. The molecule has 2 aliphatic carbocycles. The summed E-state index contributed by atoms with van der Waals surface area (Å²) in [7, 11) is 0. The molecule has 6 nitrogen and oxygen atoms in total. The molecule has 0 aliphatic heterocycles. The van der Waals surface area contributed by atoms with Gasteiger partial charge in [-0.15, -0.1) is 0 Å². The summed E-state index contributed by atoms with van der Waals surface area (Å²) in [4.78, 5) is 23.9. The zero-order chi connectivity index (χ0) is 20.8. The van der Waals surface area contributed by atoms with E-state index in [2.05, 4.69) is 20.8 Å². The first-order valence-corrected chi connectivity index (χ1v) is 11.9. The van der Waals surface area contributed by atoms with Crippen LogP contribution in [0.4, 0.5) is 0 Å². The van der Waals surface area contributed by atoms with Crippen molar-refractivity contribution < 1.29 is 30.0 Å². The van der Waals surface area contributed by atoms with E-state index in [0.29, 0.717) is 6.61 Å². The highest BCUT2D eigenvalue weighted by atomic mass is 16.5. The van der Waals surface area contributed by atoms with E-state index >= 15 is 0 Å². The Kier molecular flexibility index (Phi) is 19.3. The number of unbranched alkanes of at least 4 members (excludes halogenated alkanes) is 4. The van der Waals surface area contributed by atoms with Crippen LogP contribution >= 0.6 is 0 Å². The second-order valence-electron chi connectivity index (χ2n) is 8.68. The van der Waals surface area contributed by atoms with E-state index in [-0.39, 0.29) is 40.8 Å². The number of carbonyl (C=O) groups is 2. The van der Waals surface area contributed by atoms with Crippen LogP contribution < -0.4 is 0 Å². The summed E-state index contributed by atoms with van der Waals surface area (Å²) in [6.45, 7) is 9.01. The largest absolute Gasteiger partial charge is 0.466 e. The van der Waals surface area contributed by atoms with Gasteiger partial charge < -0.3 is 20.4 Å². The molecular formula is C24H48O6. The molecule has 2 aliphatic rings. The van der Waals surface area contributed by atoms with Crippen LogP contribution in [0.2, 0.25) is 0 Å². The number of hydrogen-bond acceptors (Lipinski definition) is 4. The van der Waals surface area contributed by atoms with Gasteiger partial charge in [0.25, 0.3) is 0 Å². The van der Waals surface area contributed by atoms with Crippen LogP contribution in [0.25, 0.3) is 0 Å². The fraction of sp³-hybridized carbons (Fsp3) is 0.917. The second kappa shape index (κ2) is 18.6. The van der Waals surface area contributed by atoms with Gasteiger partial charge in [0.1, 0.15) is 6.10 Å². The predicted molar refractivity (Wildman–Crippen MR) is 121 cm³/mol. The molecule has 2 rings (SSSR count). The third kappa shape index (κ3) is 12.5. The predicted octanol–water partition coefficient (Wildman–Crippen LogP) is 4.81. The Morgan fingerprint density at radius 1 is 0.700 bits per heavy atom. The van der Waals surface area contributed by atoms with E-state index in [1.165, 1.54) is 32.1 Å². The molecule has 0 unspecified atom stereocenters. The average molecular weight is 433 g/mol. The molecule has 2 saturated carbocycles. The van der Waals surface area contributed by atoms with Crippen molar-refractivity contribution in [3.05, 3.63) is 0 Å².